The molecule has 1 spiro atoms. The van der Waals surface area contributed by atoms with Gasteiger partial charge in [0.05, 0.1) is 18.2 Å². The molecule has 2 fully saturated rings. The summed E-state index contributed by atoms with van der Waals surface area (Å²) in [6, 6.07) is 0. The summed E-state index contributed by atoms with van der Waals surface area (Å²) in [5.41, 5.74) is -0.0183. The molecule has 19 heavy (non-hydrogen) atoms. The first kappa shape index (κ1) is 15.4. The van der Waals surface area contributed by atoms with E-state index in [4.69, 9.17) is 16.3 Å². The second kappa shape index (κ2) is 6.19. The average molecular weight is 300 g/mol. The van der Waals surface area contributed by atoms with Crippen LogP contribution in [0.5, 0.6) is 0 Å². The van der Waals surface area contributed by atoms with Gasteiger partial charge in [-0.3, -0.25) is 4.90 Å². The quantitative estimate of drug-likeness (QED) is 0.720. The molecule has 2 rings (SSSR count). The van der Waals surface area contributed by atoms with Gasteiger partial charge in [-0.25, -0.2) is 0 Å². The molecule has 0 aromatic carbocycles. The van der Waals surface area contributed by atoms with Crippen molar-refractivity contribution < 1.29 is 17.9 Å². The number of ether oxygens (including phenoxy) is 1. The van der Waals surface area contributed by atoms with Gasteiger partial charge < -0.3 is 4.74 Å². The van der Waals surface area contributed by atoms with Gasteiger partial charge in [0.25, 0.3) is 0 Å². The normalized spacial score (nSPS) is 26.7. The minimum atomic E-state index is -4.17. The number of rotatable bonds is 5. The van der Waals surface area contributed by atoms with Crippen LogP contribution >= 0.6 is 11.6 Å². The largest absolute Gasteiger partial charge is 0.401 e. The van der Waals surface area contributed by atoms with E-state index in [2.05, 4.69) is 0 Å². The second-order valence-corrected chi connectivity index (χ2v) is 6.09. The van der Waals surface area contributed by atoms with E-state index < -0.39 is 12.7 Å². The topological polar surface area (TPSA) is 12.5 Å². The molecular weight excluding hydrogens is 279 g/mol. The van der Waals surface area contributed by atoms with Crippen molar-refractivity contribution in [2.24, 2.45) is 0 Å². The van der Waals surface area contributed by atoms with Gasteiger partial charge in [-0.2, -0.15) is 13.2 Å². The van der Waals surface area contributed by atoms with Gasteiger partial charge in [0.2, 0.25) is 0 Å². The summed E-state index contributed by atoms with van der Waals surface area (Å²) in [5.74, 6) is 0.216. The molecule has 0 amide bonds. The van der Waals surface area contributed by atoms with Crippen LogP contribution in [0.4, 0.5) is 13.2 Å². The van der Waals surface area contributed by atoms with Gasteiger partial charge in [-0.05, 0) is 25.7 Å². The summed E-state index contributed by atoms with van der Waals surface area (Å²) in [6.07, 6.45) is 2.13. The Morgan fingerprint density at radius 2 is 1.89 bits per heavy atom. The molecule has 1 unspecified atom stereocenters. The maximum Gasteiger partial charge on any atom is 0.401 e. The van der Waals surface area contributed by atoms with E-state index >= 15 is 0 Å². The number of halogens is 4. The highest BCUT2D eigenvalue weighted by atomic mass is 35.5. The summed E-state index contributed by atoms with van der Waals surface area (Å²) in [7, 11) is 0. The van der Waals surface area contributed by atoms with Crippen LogP contribution in [0.1, 0.15) is 38.5 Å². The zero-order valence-electron chi connectivity index (χ0n) is 11.0. The van der Waals surface area contributed by atoms with Crippen LogP contribution < -0.4 is 0 Å². The lowest BCUT2D eigenvalue weighted by Gasteiger charge is -2.28. The first-order valence-electron chi connectivity index (χ1n) is 6.95. The van der Waals surface area contributed by atoms with Crippen LogP contribution in [-0.2, 0) is 4.74 Å². The van der Waals surface area contributed by atoms with Gasteiger partial charge in [0, 0.05) is 19.0 Å². The Labute approximate surface area is 117 Å². The van der Waals surface area contributed by atoms with E-state index in [1.165, 1.54) is 17.7 Å². The molecular formula is C13H21ClF3NO. The first-order valence-corrected chi connectivity index (χ1v) is 7.49. The average Bonchev–Trinajstić information content (AvgIpc) is 2.88. The molecule has 1 saturated heterocycles. The maximum atomic E-state index is 12.5. The number of hydrogen-bond donors (Lipinski definition) is 0. The summed E-state index contributed by atoms with van der Waals surface area (Å²) < 4.78 is 43.5. The smallest absolute Gasteiger partial charge is 0.370 e. The molecule has 2 nitrogen and oxygen atoms in total. The van der Waals surface area contributed by atoms with Gasteiger partial charge >= 0.3 is 6.18 Å². The molecule has 1 saturated carbocycles. The molecule has 2 aliphatic rings. The Morgan fingerprint density at radius 1 is 1.21 bits per heavy atom. The lowest BCUT2D eigenvalue weighted by atomic mass is 9.98. The van der Waals surface area contributed by atoms with Crippen molar-refractivity contribution in [3.63, 3.8) is 0 Å². The Hall–Kier alpha value is -0.0000000000000000208. The Morgan fingerprint density at radius 3 is 2.47 bits per heavy atom. The molecule has 0 N–H and O–H groups in total. The van der Waals surface area contributed by atoms with Crippen molar-refractivity contribution >= 4 is 11.6 Å². The molecule has 1 atom stereocenters. The fourth-order valence-corrected chi connectivity index (χ4v) is 3.55. The fourth-order valence-electron chi connectivity index (χ4n) is 3.31. The third-order valence-corrected chi connectivity index (χ3v) is 4.29. The van der Waals surface area contributed by atoms with Crippen LogP contribution in [0.15, 0.2) is 0 Å². The van der Waals surface area contributed by atoms with E-state index in [0.29, 0.717) is 6.54 Å². The third-order valence-electron chi connectivity index (χ3n) is 4.12. The Kier molecular flexibility index (Phi) is 5.01. The molecule has 0 bridgehead atoms. The molecule has 1 aliphatic carbocycles. The van der Waals surface area contributed by atoms with Crippen molar-refractivity contribution in [2.45, 2.75) is 56.4 Å². The summed E-state index contributed by atoms with van der Waals surface area (Å²) in [6.45, 7) is -0.297. The van der Waals surface area contributed by atoms with Gasteiger partial charge in [0.15, 0.2) is 0 Å². The molecule has 0 aromatic rings. The maximum absolute atomic E-state index is 12.5. The summed E-state index contributed by atoms with van der Waals surface area (Å²) in [4.78, 5) is 1.37. The van der Waals surface area contributed by atoms with E-state index in [9.17, 15) is 13.2 Å². The van der Waals surface area contributed by atoms with Crippen molar-refractivity contribution in [2.75, 3.05) is 25.5 Å². The molecule has 6 heteroatoms. The molecule has 1 aliphatic heterocycles. The zero-order valence-corrected chi connectivity index (χ0v) is 11.8. The summed E-state index contributed by atoms with van der Waals surface area (Å²) in [5, 5.41) is 0. The SMILES string of the molecule is FC(F)(F)CN(CCCl)CC1CCC2(CCCC2)O1. The lowest BCUT2D eigenvalue weighted by molar-refractivity contribution is -0.150. The monoisotopic (exact) mass is 299 g/mol. The fraction of sp³-hybridized carbons (Fsp3) is 1.00. The number of hydrogen-bond acceptors (Lipinski definition) is 2. The summed E-state index contributed by atoms with van der Waals surface area (Å²) >= 11 is 5.58. The lowest BCUT2D eigenvalue weighted by Crippen LogP contribution is -2.41. The van der Waals surface area contributed by atoms with Gasteiger partial charge in [0.1, 0.15) is 0 Å². The van der Waals surface area contributed by atoms with E-state index in [1.54, 1.807) is 0 Å². The van der Waals surface area contributed by atoms with E-state index in [-0.39, 0.29) is 24.1 Å². The van der Waals surface area contributed by atoms with Crippen molar-refractivity contribution in [3.8, 4) is 0 Å². The highest BCUT2D eigenvalue weighted by Gasteiger charge is 2.43. The number of alkyl halides is 4. The zero-order chi connectivity index (χ0) is 13.9. The first-order chi connectivity index (χ1) is 8.92. The highest BCUT2D eigenvalue weighted by molar-refractivity contribution is 6.18. The molecule has 0 radical (unpaired) electrons. The van der Waals surface area contributed by atoms with Crippen LogP contribution in [0.25, 0.3) is 0 Å². The standard InChI is InChI=1S/C13H21ClF3NO/c14-7-8-18(10-13(15,16)17)9-11-3-6-12(19-11)4-1-2-5-12/h11H,1-10H2. The Bertz CT molecular complexity index is 292. The van der Waals surface area contributed by atoms with Crippen molar-refractivity contribution in [1.82, 2.24) is 4.90 Å². The minimum absolute atomic E-state index is 0.0183. The van der Waals surface area contributed by atoms with E-state index in [1.807, 2.05) is 0 Å². The van der Waals surface area contributed by atoms with Crippen molar-refractivity contribution in [1.29, 1.82) is 0 Å². The molecule has 1 heterocycles. The predicted molar refractivity (Wildman–Crippen MR) is 68.5 cm³/mol. The molecule has 0 aromatic heterocycles. The van der Waals surface area contributed by atoms with Crippen LogP contribution in [0, 0.1) is 0 Å². The van der Waals surface area contributed by atoms with Crippen LogP contribution in [0.2, 0.25) is 0 Å². The van der Waals surface area contributed by atoms with Crippen molar-refractivity contribution in [3.05, 3.63) is 0 Å². The predicted octanol–water partition coefficient (Wildman–Crippen LogP) is 3.58. The van der Waals surface area contributed by atoms with Crippen LogP contribution in [0.3, 0.4) is 0 Å². The van der Waals surface area contributed by atoms with Crippen LogP contribution in [-0.4, -0.2) is 48.3 Å². The highest BCUT2D eigenvalue weighted by Crippen LogP contribution is 2.43. The van der Waals surface area contributed by atoms with Gasteiger partial charge in [-0.15, -0.1) is 11.6 Å². The number of nitrogens with zero attached hydrogens (tertiary/aromatic N) is 1. The Balaban J connectivity index is 1.84. The van der Waals surface area contributed by atoms with Gasteiger partial charge in [-0.1, -0.05) is 12.8 Å². The molecule has 112 valence electrons. The van der Waals surface area contributed by atoms with E-state index in [0.717, 1.165) is 25.7 Å². The minimum Gasteiger partial charge on any atom is -0.370 e. The third kappa shape index (κ3) is 4.50. The second-order valence-electron chi connectivity index (χ2n) is 5.71.